The molecule has 60 valence electrons. The molecule has 10 heavy (non-hydrogen) atoms. The van der Waals surface area contributed by atoms with Gasteiger partial charge in [-0.15, -0.1) is 0 Å². The summed E-state index contributed by atoms with van der Waals surface area (Å²) in [6.07, 6.45) is 0. The molecular weight excluding hydrogens is 182 g/mol. The van der Waals surface area contributed by atoms with E-state index in [1.54, 1.807) is 0 Å². The van der Waals surface area contributed by atoms with E-state index in [-0.39, 0.29) is 4.47 Å². The third kappa shape index (κ3) is 2.51. The lowest BCUT2D eigenvalue weighted by atomic mass is 10.8. The molecule has 0 aromatic heterocycles. The van der Waals surface area contributed by atoms with Crippen LogP contribution in [0.4, 0.5) is 0 Å². The molecule has 7 heteroatoms. The zero-order chi connectivity index (χ0) is 8.36. The van der Waals surface area contributed by atoms with Crippen molar-refractivity contribution >= 4 is 25.8 Å². The highest BCUT2D eigenvalue weighted by Gasteiger charge is 2.21. The van der Waals surface area contributed by atoms with Gasteiger partial charge in [-0.05, 0) is 0 Å². The van der Waals surface area contributed by atoms with Crippen LogP contribution in [-0.4, -0.2) is 25.9 Å². The Balaban J connectivity index is 4.55. The average molecular weight is 188 g/mol. The maximum atomic E-state index is 10.4. The summed E-state index contributed by atoms with van der Waals surface area (Å²) < 4.78 is 20.8. The molecular formula is C3H6ClNO4S. The minimum absolute atomic E-state index is 0.0779. The van der Waals surface area contributed by atoms with Crippen LogP contribution in [0.3, 0.4) is 0 Å². The van der Waals surface area contributed by atoms with Crippen LogP contribution in [0.15, 0.2) is 0 Å². The minimum atomic E-state index is -4.08. The van der Waals surface area contributed by atoms with Gasteiger partial charge in [0.05, 0.1) is 7.11 Å². The van der Waals surface area contributed by atoms with Crippen molar-refractivity contribution in [2.45, 2.75) is 6.92 Å². The summed E-state index contributed by atoms with van der Waals surface area (Å²) in [5, 5.41) is 0. The molecule has 0 atom stereocenters. The van der Waals surface area contributed by atoms with Crippen molar-refractivity contribution in [3.8, 4) is 0 Å². The van der Waals surface area contributed by atoms with Crippen molar-refractivity contribution < 1.29 is 18.0 Å². The van der Waals surface area contributed by atoms with Crippen molar-refractivity contribution in [1.82, 2.24) is 4.47 Å². The van der Waals surface area contributed by atoms with Crippen LogP contribution in [-0.2, 0) is 18.9 Å². The monoisotopic (exact) mass is 187 g/mol. The Morgan fingerprint density at radius 2 is 2.00 bits per heavy atom. The highest BCUT2D eigenvalue weighted by molar-refractivity contribution is 8.12. The first-order valence-electron chi connectivity index (χ1n) is 2.19. The smallest absolute Gasteiger partial charge is 0.272 e. The minimum Gasteiger partial charge on any atom is -0.272 e. The molecule has 0 aromatic rings. The molecule has 0 bridgehead atoms. The van der Waals surface area contributed by atoms with Gasteiger partial charge in [0.1, 0.15) is 0 Å². The molecule has 0 spiro atoms. The Morgan fingerprint density at radius 1 is 1.60 bits per heavy atom. The summed E-state index contributed by atoms with van der Waals surface area (Å²) in [6, 6.07) is 0. The van der Waals surface area contributed by atoms with Gasteiger partial charge < -0.3 is 0 Å². The molecule has 0 unspecified atom stereocenters. The van der Waals surface area contributed by atoms with E-state index in [0.29, 0.717) is 0 Å². The predicted octanol–water partition coefficient (Wildman–Crippen LogP) is -0.120. The molecule has 1 amide bonds. The first-order chi connectivity index (χ1) is 4.39. The Hall–Kier alpha value is -0.330. The Kier molecular flexibility index (Phi) is 3.07. The second-order valence-corrected chi connectivity index (χ2v) is 3.70. The zero-order valence-electron chi connectivity index (χ0n) is 5.37. The van der Waals surface area contributed by atoms with Crippen LogP contribution >= 0.6 is 10.7 Å². The van der Waals surface area contributed by atoms with Gasteiger partial charge in [0.2, 0.25) is 0 Å². The molecule has 0 radical (unpaired) electrons. The molecule has 0 saturated carbocycles. The van der Waals surface area contributed by atoms with E-state index in [4.69, 9.17) is 10.7 Å². The highest BCUT2D eigenvalue weighted by Crippen LogP contribution is 2.05. The van der Waals surface area contributed by atoms with Crippen LogP contribution in [0, 0.1) is 0 Å². The van der Waals surface area contributed by atoms with Crippen LogP contribution in [0.5, 0.6) is 0 Å². The summed E-state index contributed by atoms with van der Waals surface area (Å²) in [5.41, 5.74) is 0. The third-order valence-corrected chi connectivity index (χ3v) is 1.80. The van der Waals surface area contributed by atoms with Gasteiger partial charge in [-0.1, -0.05) is 4.47 Å². The third-order valence-electron chi connectivity index (χ3n) is 0.621. The number of hydroxylamine groups is 1. The van der Waals surface area contributed by atoms with Crippen molar-refractivity contribution in [2.75, 3.05) is 7.11 Å². The Morgan fingerprint density at radius 3 is 2.00 bits per heavy atom. The fraction of sp³-hybridized carbons (Fsp3) is 0.667. The van der Waals surface area contributed by atoms with E-state index in [9.17, 15) is 13.2 Å². The van der Waals surface area contributed by atoms with E-state index in [1.807, 2.05) is 0 Å². The Labute approximate surface area is 63.0 Å². The topological polar surface area (TPSA) is 63.7 Å². The van der Waals surface area contributed by atoms with Gasteiger partial charge in [-0.25, -0.2) is 0 Å². The van der Waals surface area contributed by atoms with Gasteiger partial charge in [0, 0.05) is 17.6 Å². The molecule has 0 N–H and O–H groups in total. The van der Waals surface area contributed by atoms with E-state index >= 15 is 0 Å². The van der Waals surface area contributed by atoms with Gasteiger partial charge in [0.25, 0.3) is 5.91 Å². The molecule has 0 aliphatic heterocycles. The fourth-order valence-corrected chi connectivity index (χ4v) is 1.32. The van der Waals surface area contributed by atoms with Crippen LogP contribution < -0.4 is 0 Å². The average Bonchev–Trinajstić information content (AvgIpc) is 1.60. The SMILES string of the molecule is CON(C(C)=O)S(=O)(=O)Cl. The van der Waals surface area contributed by atoms with Crippen LogP contribution in [0.2, 0.25) is 0 Å². The van der Waals surface area contributed by atoms with Gasteiger partial charge in [0.15, 0.2) is 0 Å². The summed E-state index contributed by atoms with van der Waals surface area (Å²) in [7, 11) is 1.70. The Bertz CT molecular complexity index is 223. The molecule has 5 nitrogen and oxygen atoms in total. The number of carbonyl (C=O) groups excluding carboxylic acids is 1. The number of halogens is 1. The van der Waals surface area contributed by atoms with E-state index in [0.717, 1.165) is 14.0 Å². The van der Waals surface area contributed by atoms with Gasteiger partial charge in [-0.2, -0.15) is 8.42 Å². The summed E-state index contributed by atoms with van der Waals surface area (Å²) in [6.45, 7) is 1.02. The van der Waals surface area contributed by atoms with Crippen molar-refractivity contribution in [1.29, 1.82) is 0 Å². The van der Waals surface area contributed by atoms with Crippen molar-refractivity contribution in [2.24, 2.45) is 0 Å². The number of rotatable bonds is 2. The normalized spacial score (nSPS) is 11.1. The van der Waals surface area contributed by atoms with E-state index in [2.05, 4.69) is 4.84 Å². The molecule has 0 fully saturated rings. The van der Waals surface area contributed by atoms with Gasteiger partial charge >= 0.3 is 9.24 Å². The lowest BCUT2D eigenvalue weighted by Gasteiger charge is -2.11. The molecule has 0 aliphatic rings. The maximum Gasteiger partial charge on any atom is 0.346 e. The number of carbonyl (C=O) groups is 1. The van der Waals surface area contributed by atoms with Gasteiger partial charge in [-0.3, -0.25) is 9.63 Å². The second kappa shape index (κ2) is 3.18. The zero-order valence-corrected chi connectivity index (χ0v) is 6.94. The van der Waals surface area contributed by atoms with Crippen molar-refractivity contribution in [3.05, 3.63) is 0 Å². The predicted molar refractivity (Wildman–Crippen MR) is 34.3 cm³/mol. The maximum absolute atomic E-state index is 10.4. The molecule has 0 rings (SSSR count). The number of amides is 1. The first kappa shape index (κ1) is 9.67. The lowest BCUT2D eigenvalue weighted by molar-refractivity contribution is -0.148. The quantitative estimate of drug-likeness (QED) is 0.447. The number of hydrogen-bond acceptors (Lipinski definition) is 4. The van der Waals surface area contributed by atoms with Crippen LogP contribution in [0.25, 0.3) is 0 Å². The molecule has 0 heterocycles. The summed E-state index contributed by atoms with van der Waals surface area (Å²) in [5.74, 6) is -0.794. The summed E-state index contributed by atoms with van der Waals surface area (Å²) in [4.78, 5) is 14.5. The highest BCUT2D eigenvalue weighted by atomic mass is 35.7. The standard InChI is InChI=1S/C3H6ClNO4S/c1-3(6)5(9-2)10(4,7)8/h1-2H3. The second-order valence-electron chi connectivity index (χ2n) is 1.37. The molecule has 0 saturated heterocycles. The number of hydrogen-bond donors (Lipinski definition) is 0. The first-order valence-corrected chi connectivity index (χ1v) is 4.46. The fourth-order valence-electron chi connectivity index (χ4n) is 0.371. The molecule has 0 aliphatic carbocycles. The molecule has 0 aromatic carbocycles. The van der Waals surface area contributed by atoms with E-state index in [1.165, 1.54) is 0 Å². The van der Waals surface area contributed by atoms with Crippen molar-refractivity contribution in [3.63, 3.8) is 0 Å². The largest absolute Gasteiger partial charge is 0.346 e. The van der Waals surface area contributed by atoms with Crippen LogP contribution in [0.1, 0.15) is 6.92 Å². The lowest BCUT2D eigenvalue weighted by Crippen LogP contribution is -2.30. The summed E-state index contributed by atoms with van der Waals surface area (Å²) >= 11 is 0. The van der Waals surface area contributed by atoms with E-state index < -0.39 is 15.1 Å². The number of nitrogens with zero attached hydrogens (tertiary/aromatic N) is 1.